The molecular weight excluding hydrogens is 296 g/mol. The van der Waals surface area contributed by atoms with Crippen LogP contribution in [0.2, 0.25) is 0 Å². The van der Waals surface area contributed by atoms with Crippen molar-refractivity contribution in [3.63, 3.8) is 0 Å². The Morgan fingerprint density at radius 2 is 2.30 bits per heavy atom. The zero-order valence-electron chi connectivity index (χ0n) is 13.6. The lowest BCUT2D eigenvalue weighted by Crippen LogP contribution is -2.41. The first kappa shape index (κ1) is 15.9. The summed E-state index contributed by atoms with van der Waals surface area (Å²) in [6.07, 6.45) is 5.31. The number of aromatic nitrogens is 2. The van der Waals surface area contributed by atoms with E-state index in [0.29, 0.717) is 31.9 Å². The average Bonchev–Trinajstić information content (AvgIpc) is 3.08. The molecule has 2 fully saturated rings. The highest BCUT2D eigenvalue weighted by molar-refractivity contribution is 5.94. The standard InChI is InChI=1S/C16H22N4O3/c1-12-10-20(14(21)13-9-17-4-5-18-13)11-16(12)3-6-19(15(16)22)7-8-23-2/h4-5,9,12H,3,6-8,10-11H2,1-2H3/t12-,16-/m1/s1. The molecule has 2 saturated heterocycles. The lowest BCUT2D eigenvalue weighted by atomic mass is 9.78. The van der Waals surface area contributed by atoms with Crippen LogP contribution >= 0.6 is 0 Å². The third-order valence-corrected chi connectivity index (χ3v) is 5.09. The molecule has 124 valence electrons. The van der Waals surface area contributed by atoms with E-state index in [9.17, 15) is 9.59 Å². The molecule has 7 heteroatoms. The van der Waals surface area contributed by atoms with Gasteiger partial charge in [-0.3, -0.25) is 14.6 Å². The molecule has 7 nitrogen and oxygen atoms in total. The van der Waals surface area contributed by atoms with Crippen molar-refractivity contribution in [1.82, 2.24) is 19.8 Å². The van der Waals surface area contributed by atoms with E-state index in [1.54, 1.807) is 18.2 Å². The molecule has 0 aliphatic carbocycles. The summed E-state index contributed by atoms with van der Waals surface area (Å²) in [6, 6.07) is 0. The van der Waals surface area contributed by atoms with Crippen molar-refractivity contribution in [1.29, 1.82) is 0 Å². The van der Waals surface area contributed by atoms with Gasteiger partial charge >= 0.3 is 0 Å². The molecule has 1 spiro atoms. The van der Waals surface area contributed by atoms with Crippen molar-refractivity contribution < 1.29 is 14.3 Å². The second-order valence-corrected chi connectivity index (χ2v) is 6.37. The molecule has 0 unspecified atom stereocenters. The molecule has 2 amide bonds. The van der Waals surface area contributed by atoms with E-state index in [-0.39, 0.29) is 17.7 Å². The predicted molar refractivity (Wildman–Crippen MR) is 82.6 cm³/mol. The molecule has 0 aromatic carbocycles. The normalized spacial score (nSPS) is 27.2. The van der Waals surface area contributed by atoms with Crippen molar-refractivity contribution >= 4 is 11.8 Å². The molecule has 2 aliphatic heterocycles. The van der Waals surface area contributed by atoms with Crippen molar-refractivity contribution in [2.24, 2.45) is 11.3 Å². The third-order valence-electron chi connectivity index (χ3n) is 5.09. The number of methoxy groups -OCH3 is 1. The molecule has 0 N–H and O–H groups in total. The Balaban J connectivity index is 1.74. The number of carbonyl (C=O) groups excluding carboxylic acids is 2. The van der Waals surface area contributed by atoms with Gasteiger partial charge in [0.15, 0.2) is 0 Å². The summed E-state index contributed by atoms with van der Waals surface area (Å²) in [7, 11) is 1.63. The molecule has 2 atom stereocenters. The van der Waals surface area contributed by atoms with Crippen LogP contribution in [-0.2, 0) is 9.53 Å². The Labute approximate surface area is 135 Å². The van der Waals surface area contributed by atoms with Crippen LogP contribution < -0.4 is 0 Å². The van der Waals surface area contributed by atoms with E-state index in [2.05, 4.69) is 16.9 Å². The number of amides is 2. The molecule has 0 radical (unpaired) electrons. The van der Waals surface area contributed by atoms with Crippen LogP contribution in [0.4, 0.5) is 0 Å². The molecule has 1 aromatic heterocycles. The van der Waals surface area contributed by atoms with Crippen LogP contribution in [0.1, 0.15) is 23.8 Å². The van der Waals surface area contributed by atoms with Gasteiger partial charge in [0.2, 0.25) is 5.91 Å². The minimum Gasteiger partial charge on any atom is -0.383 e. The van der Waals surface area contributed by atoms with Crippen molar-refractivity contribution in [2.45, 2.75) is 13.3 Å². The number of hydrogen-bond acceptors (Lipinski definition) is 5. The van der Waals surface area contributed by atoms with Crippen molar-refractivity contribution in [2.75, 3.05) is 39.9 Å². The van der Waals surface area contributed by atoms with Crippen molar-refractivity contribution in [3.05, 3.63) is 24.3 Å². The summed E-state index contributed by atoms with van der Waals surface area (Å²) in [4.78, 5) is 37.0. The number of hydrogen-bond donors (Lipinski definition) is 0. The highest BCUT2D eigenvalue weighted by Gasteiger charge is 2.55. The molecule has 1 aromatic rings. The largest absolute Gasteiger partial charge is 0.383 e. The first-order valence-corrected chi connectivity index (χ1v) is 7.92. The van der Waals surface area contributed by atoms with Gasteiger partial charge in [-0.2, -0.15) is 0 Å². The van der Waals surface area contributed by atoms with Gasteiger partial charge in [-0.15, -0.1) is 0 Å². The van der Waals surface area contributed by atoms with Gasteiger partial charge in [0.1, 0.15) is 5.69 Å². The number of carbonyl (C=O) groups is 2. The smallest absolute Gasteiger partial charge is 0.274 e. The number of nitrogens with zero attached hydrogens (tertiary/aromatic N) is 4. The van der Waals surface area contributed by atoms with Crippen LogP contribution in [0.25, 0.3) is 0 Å². The van der Waals surface area contributed by atoms with E-state index in [1.165, 1.54) is 12.4 Å². The van der Waals surface area contributed by atoms with Crippen LogP contribution in [0.3, 0.4) is 0 Å². The zero-order chi connectivity index (χ0) is 16.4. The fraction of sp³-hybridized carbons (Fsp3) is 0.625. The van der Waals surface area contributed by atoms with Crippen LogP contribution in [-0.4, -0.2) is 71.5 Å². The molecule has 0 saturated carbocycles. The van der Waals surface area contributed by atoms with Gasteiger partial charge < -0.3 is 14.5 Å². The molecule has 3 rings (SSSR count). The second kappa shape index (κ2) is 6.23. The molecule has 3 heterocycles. The SMILES string of the molecule is COCCN1CC[C@]2(CN(C(=O)c3cnccn3)C[C@H]2C)C1=O. The molecular formula is C16H22N4O3. The maximum Gasteiger partial charge on any atom is 0.274 e. The number of rotatable bonds is 4. The van der Waals surface area contributed by atoms with Gasteiger partial charge in [0, 0.05) is 45.7 Å². The van der Waals surface area contributed by atoms with E-state index in [1.807, 2.05) is 4.90 Å². The Bertz CT molecular complexity index is 594. The Morgan fingerprint density at radius 1 is 1.48 bits per heavy atom. The highest BCUT2D eigenvalue weighted by atomic mass is 16.5. The maximum absolute atomic E-state index is 12.9. The fourth-order valence-corrected chi connectivity index (χ4v) is 3.67. The number of likely N-dealkylation sites (tertiary alicyclic amines) is 2. The van der Waals surface area contributed by atoms with E-state index >= 15 is 0 Å². The van der Waals surface area contributed by atoms with Crippen LogP contribution in [0, 0.1) is 11.3 Å². The lowest BCUT2D eigenvalue weighted by molar-refractivity contribution is -0.137. The van der Waals surface area contributed by atoms with E-state index in [0.717, 1.165) is 13.0 Å². The quantitative estimate of drug-likeness (QED) is 0.805. The van der Waals surface area contributed by atoms with E-state index < -0.39 is 5.41 Å². The third kappa shape index (κ3) is 2.69. The summed E-state index contributed by atoms with van der Waals surface area (Å²) in [6.45, 7) is 4.99. The van der Waals surface area contributed by atoms with Gasteiger partial charge in [-0.05, 0) is 12.3 Å². The topological polar surface area (TPSA) is 75.6 Å². The predicted octanol–water partition coefficient (Wildman–Crippen LogP) is 0.434. The van der Waals surface area contributed by atoms with Gasteiger partial charge in [-0.1, -0.05) is 6.92 Å². The fourth-order valence-electron chi connectivity index (χ4n) is 3.67. The summed E-state index contributed by atoms with van der Waals surface area (Å²) < 4.78 is 5.07. The van der Waals surface area contributed by atoms with E-state index in [4.69, 9.17) is 4.74 Å². The minimum absolute atomic E-state index is 0.142. The highest BCUT2D eigenvalue weighted by Crippen LogP contribution is 2.44. The monoisotopic (exact) mass is 318 g/mol. The Kier molecular flexibility index (Phi) is 4.30. The minimum atomic E-state index is -0.453. The van der Waals surface area contributed by atoms with Gasteiger partial charge in [0.05, 0.1) is 18.2 Å². The molecule has 23 heavy (non-hydrogen) atoms. The summed E-state index contributed by atoms with van der Waals surface area (Å²) in [5, 5.41) is 0. The summed E-state index contributed by atoms with van der Waals surface area (Å²) in [5.74, 6) is 0.143. The van der Waals surface area contributed by atoms with Crippen molar-refractivity contribution in [3.8, 4) is 0 Å². The zero-order valence-corrected chi connectivity index (χ0v) is 13.6. The summed E-state index contributed by atoms with van der Waals surface area (Å²) in [5.41, 5.74) is -0.121. The first-order valence-electron chi connectivity index (χ1n) is 7.92. The Hall–Kier alpha value is -2.02. The molecule has 0 bridgehead atoms. The van der Waals surface area contributed by atoms with Gasteiger partial charge in [0.25, 0.3) is 5.91 Å². The maximum atomic E-state index is 12.9. The number of ether oxygens (including phenoxy) is 1. The lowest BCUT2D eigenvalue weighted by Gasteiger charge is -2.26. The Morgan fingerprint density at radius 3 is 3.00 bits per heavy atom. The summed E-state index contributed by atoms with van der Waals surface area (Å²) >= 11 is 0. The second-order valence-electron chi connectivity index (χ2n) is 6.37. The average molecular weight is 318 g/mol. The first-order chi connectivity index (χ1) is 11.1. The molecule has 2 aliphatic rings. The van der Waals surface area contributed by atoms with Gasteiger partial charge in [-0.25, -0.2) is 4.98 Å². The van der Waals surface area contributed by atoms with Crippen LogP contribution in [0.5, 0.6) is 0 Å². The van der Waals surface area contributed by atoms with Crippen LogP contribution in [0.15, 0.2) is 18.6 Å².